The van der Waals surface area contributed by atoms with Gasteiger partial charge in [0.15, 0.2) is 0 Å². The minimum atomic E-state index is -4.40. The Hall–Kier alpha value is -1.79. The van der Waals surface area contributed by atoms with Crippen molar-refractivity contribution < 1.29 is 22.7 Å². The molecule has 1 aliphatic rings. The molecule has 0 N–H and O–H groups in total. The van der Waals surface area contributed by atoms with Gasteiger partial charge in [0.25, 0.3) is 0 Å². The van der Waals surface area contributed by atoms with Crippen molar-refractivity contribution in [3.05, 3.63) is 29.6 Å². The van der Waals surface area contributed by atoms with Crippen LogP contribution in [0.5, 0.6) is 0 Å². The predicted octanol–water partition coefficient (Wildman–Crippen LogP) is 2.22. The Bertz CT molecular complexity index is 430. The molecule has 1 aliphatic heterocycles. The van der Waals surface area contributed by atoms with Crippen LogP contribution >= 0.6 is 0 Å². The molecule has 1 atom stereocenters. The fraction of sp³-hybridized carbons (Fsp3) is 0.400. The third-order valence-electron chi connectivity index (χ3n) is 2.58. The van der Waals surface area contributed by atoms with Crippen molar-refractivity contribution in [2.75, 3.05) is 13.7 Å². The first-order valence-corrected chi connectivity index (χ1v) is 4.82. The molecule has 1 amide bonds. The van der Waals surface area contributed by atoms with E-state index in [0.717, 1.165) is 12.3 Å². The minimum absolute atomic E-state index is 0.105. The normalized spacial score (nSPS) is 20.6. The molecular weight excluding hydrogens is 237 g/mol. The second kappa shape index (κ2) is 3.90. The third-order valence-corrected chi connectivity index (χ3v) is 2.58. The van der Waals surface area contributed by atoms with Gasteiger partial charge in [0.05, 0.1) is 11.3 Å². The van der Waals surface area contributed by atoms with E-state index in [-0.39, 0.29) is 6.61 Å². The van der Waals surface area contributed by atoms with Gasteiger partial charge in [-0.25, -0.2) is 4.79 Å². The number of nitrogens with zero attached hydrogens (tertiary/aromatic N) is 2. The lowest BCUT2D eigenvalue weighted by Crippen LogP contribution is -2.23. The van der Waals surface area contributed by atoms with Crippen molar-refractivity contribution in [1.29, 1.82) is 0 Å². The quantitative estimate of drug-likeness (QED) is 0.763. The van der Waals surface area contributed by atoms with Crippen molar-refractivity contribution in [1.82, 2.24) is 9.88 Å². The molecule has 17 heavy (non-hydrogen) atoms. The van der Waals surface area contributed by atoms with Gasteiger partial charge in [-0.05, 0) is 12.1 Å². The van der Waals surface area contributed by atoms with Crippen LogP contribution in [0.25, 0.3) is 0 Å². The van der Waals surface area contributed by atoms with Gasteiger partial charge in [0.1, 0.15) is 12.6 Å². The maximum atomic E-state index is 12.3. The molecule has 1 saturated heterocycles. The van der Waals surface area contributed by atoms with E-state index in [4.69, 9.17) is 4.74 Å². The summed E-state index contributed by atoms with van der Waals surface area (Å²) in [5, 5.41) is 0. The van der Waals surface area contributed by atoms with Gasteiger partial charge < -0.3 is 4.74 Å². The second-order valence-corrected chi connectivity index (χ2v) is 3.67. The molecule has 4 nitrogen and oxygen atoms in total. The van der Waals surface area contributed by atoms with Crippen LogP contribution in [0.2, 0.25) is 0 Å². The zero-order valence-corrected chi connectivity index (χ0v) is 8.86. The maximum Gasteiger partial charge on any atom is 0.417 e. The Kier molecular flexibility index (Phi) is 2.68. The van der Waals surface area contributed by atoms with Crippen molar-refractivity contribution in [3.8, 4) is 0 Å². The number of carbonyl (C=O) groups excluding carboxylic acids is 1. The van der Waals surface area contributed by atoms with E-state index in [9.17, 15) is 18.0 Å². The number of rotatable bonds is 1. The molecule has 2 rings (SSSR count). The summed E-state index contributed by atoms with van der Waals surface area (Å²) >= 11 is 0. The average molecular weight is 246 g/mol. The fourth-order valence-electron chi connectivity index (χ4n) is 1.54. The topological polar surface area (TPSA) is 42.4 Å². The van der Waals surface area contributed by atoms with Crippen molar-refractivity contribution in [3.63, 3.8) is 0 Å². The van der Waals surface area contributed by atoms with Gasteiger partial charge in [0, 0.05) is 13.2 Å². The van der Waals surface area contributed by atoms with Crippen LogP contribution in [0.15, 0.2) is 18.3 Å². The predicted molar refractivity (Wildman–Crippen MR) is 51.1 cm³/mol. The van der Waals surface area contributed by atoms with Gasteiger partial charge in [-0.2, -0.15) is 13.2 Å². The summed E-state index contributed by atoms with van der Waals surface area (Å²) in [7, 11) is 1.51. The van der Waals surface area contributed by atoms with E-state index in [1.54, 1.807) is 0 Å². The summed E-state index contributed by atoms with van der Waals surface area (Å²) in [6.07, 6.45) is -4.15. The molecule has 0 saturated carbocycles. The Morgan fingerprint density at radius 1 is 1.47 bits per heavy atom. The fourth-order valence-corrected chi connectivity index (χ4v) is 1.54. The summed E-state index contributed by atoms with van der Waals surface area (Å²) in [6, 6.07) is 1.77. The van der Waals surface area contributed by atoms with E-state index in [2.05, 4.69) is 4.98 Å². The Morgan fingerprint density at radius 3 is 2.59 bits per heavy atom. The van der Waals surface area contributed by atoms with Gasteiger partial charge in [-0.15, -0.1) is 0 Å². The van der Waals surface area contributed by atoms with Crippen LogP contribution in [0.1, 0.15) is 17.3 Å². The third kappa shape index (κ3) is 2.17. The molecule has 1 fully saturated rings. The molecule has 92 valence electrons. The summed E-state index contributed by atoms with van der Waals surface area (Å²) in [4.78, 5) is 16.1. The molecule has 0 radical (unpaired) electrons. The zero-order chi connectivity index (χ0) is 12.6. The highest BCUT2D eigenvalue weighted by Gasteiger charge is 2.34. The van der Waals surface area contributed by atoms with Crippen LogP contribution in [-0.4, -0.2) is 29.6 Å². The first-order valence-electron chi connectivity index (χ1n) is 4.82. The SMILES string of the molecule is CN1C(=O)OCC1c1ccc(C(F)(F)F)cn1. The average Bonchev–Trinajstić information content (AvgIpc) is 2.59. The lowest BCUT2D eigenvalue weighted by Gasteiger charge is -2.15. The molecule has 0 aromatic carbocycles. The largest absolute Gasteiger partial charge is 0.447 e. The highest BCUT2D eigenvalue weighted by Crippen LogP contribution is 2.30. The highest BCUT2D eigenvalue weighted by molar-refractivity contribution is 5.69. The standard InChI is InChI=1S/C10H9F3N2O2/c1-15-8(5-17-9(15)16)7-3-2-6(4-14-7)10(11,12)13/h2-4,8H,5H2,1H3. The van der Waals surface area contributed by atoms with Gasteiger partial charge in [-0.1, -0.05) is 0 Å². The molecule has 0 spiro atoms. The summed E-state index contributed by atoms with van der Waals surface area (Å²) in [5.41, 5.74) is -0.430. The lowest BCUT2D eigenvalue weighted by molar-refractivity contribution is -0.137. The number of pyridine rings is 1. The number of likely N-dealkylation sites (N-methyl/N-ethyl adjacent to an activating group) is 1. The van der Waals surface area contributed by atoms with Crippen LogP contribution in [0.4, 0.5) is 18.0 Å². The van der Waals surface area contributed by atoms with Crippen molar-refractivity contribution in [2.45, 2.75) is 12.2 Å². The number of amides is 1. The van der Waals surface area contributed by atoms with Gasteiger partial charge in [0.2, 0.25) is 0 Å². The number of cyclic esters (lactones) is 1. The summed E-state index contributed by atoms with van der Waals surface area (Å²) in [6.45, 7) is 0.105. The van der Waals surface area contributed by atoms with Crippen LogP contribution in [0, 0.1) is 0 Å². The lowest BCUT2D eigenvalue weighted by atomic mass is 10.1. The second-order valence-electron chi connectivity index (χ2n) is 3.67. The molecule has 0 aliphatic carbocycles. The number of carbonyl (C=O) groups is 1. The molecule has 1 aromatic heterocycles. The number of hydrogen-bond acceptors (Lipinski definition) is 3. The van der Waals surface area contributed by atoms with Crippen molar-refractivity contribution in [2.24, 2.45) is 0 Å². The molecule has 1 unspecified atom stereocenters. The molecule has 7 heteroatoms. The van der Waals surface area contributed by atoms with E-state index in [1.807, 2.05) is 0 Å². The summed E-state index contributed by atoms with van der Waals surface area (Å²) in [5.74, 6) is 0. The van der Waals surface area contributed by atoms with Crippen LogP contribution in [0.3, 0.4) is 0 Å². The molecular formula is C10H9F3N2O2. The van der Waals surface area contributed by atoms with Crippen LogP contribution < -0.4 is 0 Å². The number of alkyl halides is 3. The highest BCUT2D eigenvalue weighted by atomic mass is 19.4. The summed E-state index contributed by atoms with van der Waals surface area (Å²) < 4.78 is 41.7. The minimum Gasteiger partial charge on any atom is -0.447 e. The van der Waals surface area contributed by atoms with Crippen LogP contribution in [-0.2, 0) is 10.9 Å². The van der Waals surface area contributed by atoms with Crippen molar-refractivity contribution >= 4 is 6.09 Å². The Labute approximate surface area is 95.0 Å². The van der Waals surface area contributed by atoms with E-state index >= 15 is 0 Å². The Morgan fingerprint density at radius 2 is 2.18 bits per heavy atom. The zero-order valence-electron chi connectivity index (χ0n) is 8.86. The first-order chi connectivity index (χ1) is 7.89. The smallest absolute Gasteiger partial charge is 0.417 e. The van der Waals surface area contributed by atoms with E-state index in [0.29, 0.717) is 5.69 Å². The van der Waals surface area contributed by atoms with Gasteiger partial charge >= 0.3 is 12.3 Å². The van der Waals surface area contributed by atoms with Gasteiger partial charge in [-0.3, -0.25) is 9.88 Å². The monoisotopic (exact) mass is 246 g/mol. The Balaban J connectivity index is 2.22. The van der Waals surface area contributed by atoms with E-state index in [1.165, 1.54) is 18.0 Å². The molecule has 1 aromatic rings. The number of halogens is 3. The number of hydrogen-bond donors (Lipinski definition) is 0. The molecule has 2 heterocycles. The number of ether oxygens (including phenoxy) is 1. The molecule has 0 bridgehead atoms. The van der Waals surface area contributed by atoms with E-state index < -0.39 is 23.9 Å². The number of aromatic nitrogens is 1. The first kappa shape index (κ1) is 11.7. The maximum absolute atomic E-state index is 12.3.